The fourth-order valence-electron chi connectivity index (χ4n) is 2.93. The number of rotatable bonds is 6. The summed E-state index contributed by atoms with van der Waals surface area (Å²) in [5.41, 5.74) is 2.11. The molecule has 29 heavy (non-hydrogen) atoms. The van der Waals surface area contributed by atoms with E-state index in [4.69, 9.17) is 4.74 Å². The van der Waals surface area contributed by atoms with Crippen molar-refractivity contribution in [3.05, 3.63) is 53.8 Å². The maximum Gasteiger partial charge on any atom is 0.242 e. The van der Waals surface area contributed by atoms with Crippen LogP contribution in [0.15, 0.2) is 47.5 Å². The van der Waals surface area contributed by atoms with E-state index >= 15 is 0 Å². The maximum absolute atomic E-state index is 13.1. The van der Waals surface area contributed by atoms with E-state index in [1.54, 1.807) is 23.1 Å². The summed E-state index contributed by atoms with van der Waals surface area (Å²) in [6, 6.07) is 11.2. The van der Waals surface area contributed by atoms with Crippen LogP contribution in [0.3, 0.4) is 0 Å². The van der Waals surface area contributed by atoms with Gasteiger partial charge in [-0.3, -0.25) is 14.5 Å². The molecule has 3 rings (SSSR count). The molecule has 6 nitrogen and oxygen atoms in total. The number of methoxy groups -OCH3 is 1. The SMILES string of the molecule is CCN1C(=O)C(CC(=O)Nc2cc(C)ccc2OC)SC1=Nc1ccc(F)cc1. The first kappa shape index (κ1) is 20.9. The molecule has 1 unspecified atom stereocenters. The molecular formula is C21H22FN3O3S. The van der Waals surface area contributed by atoms with Crippen LogP contribution in [-0.4, -0.2) is 40.8 Å². The molecule has 1 N–H and O–H groups in total. The largest absolute Gasteiger partial charge is 0.495 e. The van der Waals surface area contributed by atoms with Crippen LogP contribution < -0.4 is 10.1 Å². The van der Waals surface area contributed by atoms with Crippen LogP contribution in [-0.2, 0) is 9.59 Å². The number of amidine groups is 1. The fourth-order valence-corrected chi connectivity index (χ4v) is 4.15. The number of nitrogens with one attached hydrogen (secondary N) is 1. The lowest BCUT2D eigenvalue weighted by Gasteiger charge is -2.14. The normalized spacial score (nSPS) is 17.7. The van der Waals surface area contributed by atoms with Gasteiger partial charge in [0, 0.05) is 13.0 Å². The van der Waals surface area contributed by atoms with Crippen molar-refractivity contribution in [3.8, 4) is 5.75 Å². The molecule has 2 aromatic carbocycles. The van der Waals surface area contributed by atoms with Crippen molar-refractivity contribution in [2.24, 2.45) is 4.99 Å². The lowest BCUT2D eigenvalue weighted by atomic mass is 10.2. The van der Waals surface area contributed by atoms with E-state index in [1.165, 1.54) is 31.0 Å². The number of aryl methyl sites for hydroxylation is 1. The van der Waals surface area contributed by atoms with Crippen LogP contribution in [0.4, 0.5) is 15.8 Å². The topological polar surface area (TPSA) is 71.0 Å². The monoisotopic (exact) mass is 415 g/mol. The zero-order chi connectivity index (χ0) is 21.0. The third kappa shape index (κ3) is 4.95. The van der Waals surface area contributed by atoms with Crippen LogP contribution in [0.25, 0.3) is 0 Å². The average Bonchev–Trinajstić information content (AvgIpc) is 2.98. The number of amides is 2. The summed E-state index contributed by atoms with van der Waals surface area (Å²) >= 11 is 1.24. The van der Waals surface area contributed by atoms with Crippen LogP contribution >= 0.6 is 11.8 Å². The van der Waals surface area contributed by atoms with Gasteiger partial charge in [0.2, 0.25) is 11.8 Å². The lowest BCUT2D eigenvalue weighted by molar-refractivity contribution is -0.128. The van der Waals surface area contributed by atoms with E-state index in [-0.39, 0.29) is 24.1 Å². The van der Waals surface area contributed by atoms with Gasteiger partial charge < -0.3 is 10.1 Å². The molecule has 0 radical (unpaired) electrons. The molecule has 0 aliphatic carbocycles. The zero-order valence-corrected chi connectivity index (χ0v) is 17.3. The summed E-state index contributed by atoms with van der Waals surface area (Å²) in [5, 5.41) is 2.77. The molecule has 2 aromatic rings. The number of carbonyl (C=O) groups is 2. The van der Waals surface area contributed by atoms with Crippen LogP contribution in [0.2, 0.25) is 0 Å². The molecular weight excluding hydrogens is 393 g/mol. The van der Waals surface area contributed by atoms with Gasteiger partial charge in [0.1, 0.15) is 16.8 Å². The van der Waals surface area contributed by atoms with E-state index in [2.05, 4.69) is 10.3 Å². The van der Waals surface area contributed by atoms with E-state index < -0.39 is 5.25 Å². The highest BCUT2D eigenvalue weighted by Gasteiger charge is 2.38. The van der Waals surface area contributed by atoms with Gasteiger partial charge in [-0.05, 0) is 55.8 Å². The van der Waals surface area contributed by atoms with Crippen molar-refractivity contribution in [1.29, 1.82) is 0 Å². The van der Waals surface area contributed by atoms with Crippen molar-refractivity contribution < 1.29 is 18.7 Å². The number of halogens is 1. The number of aliphatic imine (C=N–C) groups is 1. The van der Waals surface area contributed by atoms with E-state index in [0.29, 0.717) is 28.8 Å². The predicted octanol–water partition coefficient (Wildman–Crippen LogP) is 4.12. The van der Waals surface area contributed by atoms with Gasteiger partial charge in [-0.2, -0.15) is 0 Å². The van der Waals surface area contributed by atoms with Crippen molar-refractivity contribution in [2.45, 2.75) is 25.5 Å². The summed E-state index contributed by atoms with van der Waals surface area (Å²) < 4.78 is 18.4. The molecule has 0 aromatic heterocycles. The summed E-state index contributed by atoms with van der Waals surface area (Å²) in [5.74, 6) is -0.232. The fraction of sp³-hybridized carbons (Fsp3) is 0.286. The minimum Gasteiger partial charge on any atom is -0.495 e. The van der Waals surface area contributed by atoms with Crippen molar-refractivity contribution in [2.75, 3.05) is 19.0 Å². The van der Waals surface area contributed by atoms with Gasteiger partial charge in [0.15, 0.2) is 5.17 Å². The number of carbonyl (C=O) groups excluding carboxylic acids is 2. The molecule has 1 atom stereocenters. The first-order valence-corrected chi connectivity index (χ1v) is 10.1. The molecule has 8 heteroatoms. The molecule has 0 bridgehead atoms. The Morgan fingerprint density at radius 1 is 1.28 bits per heavy atom. The molecule has 1 heterocycles. The minimum atomic E-state index is -0.565. The van der Waals surface area contributed by atoms with E-state index in [0.717, 1.165) is 5.56 Å². The van der Waals surface area contributed by atoms with Gasteiger partial charge in [0.25, 0.3) is 0 Å². The lowest BCUT2D eigenvalue weighted by Crippen LogP contribution is -2.33. The van der Waals surface area contributed by atoms with Crippen LogP contribution in [0, 0.1) is 12.7 Å². The van der Waals surface area contributed by atoms with Crippen LogP contribution in [0.5, 0.6) is 5.75 Å². The third-order valence-corrected chi connectivity index (χ3v) is 5.56. The number of nitrogens with zero attached hydrogens (tertiary/aromatic N) is 2. The quantitative estimate of drug-likeness (QED) is 0.770. The van der Waals surface area contributed by atoms with Gasteiger partial charge in [-0.25, -0.2) is 9.38 Å². The summed E-state index contributed by atoms with van der Waals surface area (Å²) in [7, 11) is 1.54. The minimum absolute atomic E-state index is 0.0134. The van der Waals surface area contributed by atoms with E-state index in [1.807, 2.05) is 26.0 Å². The smallest absolute Gasteiger partial charge is 0.242 e. The van der Waals surface area contributed by atoms with Gasteiger partial charge in [-0.15, -0.1) is 0 Å². The summed E-state index contributed by atoms with van der Waals surface area (Å²) in [4.78, 5) is 31.3. The van der Waals surface area contributed by atoms with Crippen molar-refractivity contribution >= 4 is 40.1 Å². The van der Waals surface area contributed by atoms with Gasteiger partial charge >= 0.3 is 0 Å². The van der Waals surface area contributed by atoms with E-state index in [9.17, 15) is 14.0 Å². The third-order valence-electron chi connectivity index (χ3n) is 4.39. The molecule has 1 fully saturated rings. The molecule has 1 saturated heterocycles. The zero-order valence-electron chi connectivity index (χ0n) is 16.4. The summed E-state index contributed by atoms with van der Waals surface area (Å²) in [6.07, 6.45) is 0.0134. The molecule has 0 spiro atoms. The Balaban J connectivity index is 1.72. The first-order chi connectivity index (χ1) is 13.9. The number of benzene rings is 2. The number of hydrogen-bond donors (Lipinski definition) is 1. The molecule has 1 aliphatic rings. The Morgan fingerprint density at radius 3 is 2.66 bits per heavy atom. The van der Waals surface area contributed by atoms with Crippen LogP contribution in [0.1, 0.15) is 18.9 Å². The standard InChI is InChI=1S/C21H22FN3O3S/c1-4-25-20(27)18(29-21(25)23-15-8-6-14(22)7-9-15)12-19(26)24-16-11-13(2)5-10-17(16)28-3/h5-11,18H,4,12H2,1-3H3,(H,24,26). The number of thioether (sulfide) groups is 1. The molecule has 0 saturated carbocycles. The average molecular weight is 415 g/mol. The van der Waals surface area contributed by atoms with Crippen molar-refractivity contribution in [3.63, 3.8) is 0 Å². The Morgan fingerprint density at radius 2 is 2.00 bits per heavy atom. The second-order valence-corrected chi connectivity index (χ2v) is 7.69. The maximum atomic E-state index is 13.1. The number of anilines is 1. The summed E-state index contributed by atoms with van der Waals surface area (Å²) in [6.45, 7) is 4.21. The molecule has 2 amide bonds. The number of ether oxygens (including phenoxy) is 1. The highest BCUT2D eigenvalue weighted by Crippen LogP contribution is 2.32. The molecule has 152 valence electrons. The Hall–Kier alpha value is -2.87. The second-order valence-electron chi connectivity index (χ2n) is 6.52. The van der Waals surface area contributed by atoms with Crippen molar-refractivity contribution in [1.82, 2.24) is 4.90 Å². The predicted molar refractivity (Wildman–Crippen MR) is 113 cm³/mol. The first-order valence-electron chi connectivity index (χ1n) is 9.18. The second kappa shape index (κ2) is 9.09. The number of hydrogen-bond acceptors (Lipinski definition) is 5. The van der Waals surface area contributed by atoms with Gasteiger partial charge in [-0.1, -0.05) is 17.8 Å². The van der Waals surface area contributed by atoms with Gasteiger partial charge in [0.05, 0.1) is 18.5 Å². The highest BCUT2D eigenvalue weighted by molar-refractivity contribution is 8.15. The Kier molecular flexibility index (Phi) is 6.53. The molecule has 1 aliphatic heterocycles. The Bertz CT molecular complexity index is 947. The highest BCUT2D eigenvalue weighted by atomic mass is 32.2. The Labute approximate surface area is 173 Å².